The summed E-state index contributed by atoms with van der Waals surface area (Å²) in [6.45, 7) is 4.18. The van der Waals surface area contributed by atoms with Crippen LogP contribution < -0.4 is 15.0 Å². The van der Waals surface area contributed by atoms with Gasteiger partial charge in [0.15, 0.2) is 0 Å². The average Bonchev–Trinajstić information content (AvgIpc) is 3.02. The first kappa shape index (κ1) is 22.3. The number of nitrogens with zero attached hydrogens (tertiary/aromatic N) is 2. The molecule has 6 heteroatoms. The third-order valence-electron chi connectivity index (χ3n) is 6.42. The number of hydrogen-bond donors (Lipinski definition) is 1. The molecular weight excluding hydrogens is 402 g/mol. The van der Waals surface area contributed by atoms with Gasteiger partial charge in [-0.3, -0.25) is 14.5 Å². The molecule has 1 atom stereocenters. The maximum atomic E-state index is 12.8. The summed E-state index contributed by atoms with van der Waals surface area (Å²) in [5, 5.41) is 3.04. The number of anilines is 1. The number of nitrogens with one attached hydrogen (secondary N) is 1. The van der Waals surface area contributed by atoms with E-state index in [9.17, 15) is 9.59 Å². The maximum absolute atomic E-state index is 12.8. The highest BCUT2D eigenvalue weighted by Crippen LogP contribution is 2.28. The van der Waals surface area contributed by atoms with Crippen LogP contribution in [-0.2, 0) is 22.7 Å². The fraction of sp³-hybridized carbons (Fsp3) is 0.462. The van der Waals surface area contributed by atoms with Crippen molar-refractivity contribution >= 4 is 17.5 Å². The Morgan fingerprint density at radius 2 is 1.78 bits per heavy atom. The number of carbonyl (C=O) groups excluding carboxylic acids is 2. The molecule has 6 nitrogen and oxygen atoms in total. The summed E-state index contributed by atoms with van der Waals surface area (Å²) >= 11 is 0. The Kier molecular flexibility index (Phi) is 7.43. The molecule has 2 aromatic carbocycles. The molecule has 2 aliphatic rings. The van der Waals surface area contributed by atoms with Crippen molar-refractivity contribution in [3.05, 3.63) is 59.7 Å². The molecule has 2 aromatic rings. The minimum atomic E-state index is -0.339. The molecule has 32 heavy (non-hydrogen) atoms. The van der Waals surface area contributed by atoms with E-state index in [0.717, 1.165) is 17.8 Å². The Labute approximate surface area is 190 Å². The van der Waals surface area contributed by atoms with Crippen LogP contribution >= 0.6 is 0 Å². The largest absolute Gasteiger partial charge is 0.497 e. The predicted octanol–water partition coefficient (Wildman–Crippen LogP) is 3.74. The second-order valence-electron chi connectivity index (χ2n) is 8.83. The second kappa shape index (κ2) is 10.6. The second-order valence-corrected chi connectivity index (χ2v) is 8.83. The van der Waals surface area contributed by atoms with E-state index in [1.807, 2.05) is 24.3 Å². The van der Waals surface area contributed by atoms with Crippen molar-refractivity contribution in [1.82, 2.24) is 10.2 Å². The van der Waals surface area contributed by atoms with E-state index >= 15 is 0 Å². The summed E-state index contributed by atoms with van der Waals surface area (Å²) in [6, 6.07) is 15.9. The summed E-state index contributed by atoms with van der Waals surface area (Å²) in [4.78, 5) is 29.5. The van der Waals surface area contributed by atoms with Gasteiger partial charge in [-0.15, -0.1) is 0 Å². The van der Waals surface area contributed by atoms with Gasteiger partial charge in [-0.2, -0.15) is 0 Å². The topological polar surface area (TPSA) is 61.9 Å². The van der Waals surface area contributed by atoms with Gasteiger partial charge >= 0.3 is 0 Å². The maximum Gasteiger partial charge on any atom is 0.227 e. The van der Waals surface area contributed by atoms with E-state index in [1.54, 1.807) is 12.0 Å². The third-order valence-corrected chi connectivity index (χ3v) is 6.42. The van der Waals surface area contributed by atoms with E-state index in [2.05, 4.69) is 34.5 Å². The molecule has 2 heterocycles. The summed E-state index contributed by atoms with van der Waals surface area (Å²) in [5.74, 6) is 0.261. The Bertz CT molecular complexity index is 937. The van der Waals surface area contributed by atoms with Crippen molar-refractivity contribution in [2.45, 2.75) is 45.2 Å². The molecule has 0 spiro atoms. The lowest BCUT2D eigenvalue weighted by molar-refractivity contribution is -0.126. The number of benzene rings is 2. The highest BCUT2D eigenvalue weighted by atomic mass is 16.5. The van der Waals surface area contributed by atoms with Gasteiger partial charge in [0.2, 0.25) is 11.8 Å². The quantitative estimate of drug-likeness (QED) is 0.720. The number of hydrogen-bond acceptors (Lipinski definition) is 4. The highest BCUT2D eigenvalue weighted by molar-refractivity contribution is 6.00. The predicted molar refractivity (Wildman–Crippen MR) is 125 cm³/mol. The number of methoxy groups -OCH3 is 1. The number of carbonyl (C=O) groups is 2. The monoisotopic (exact) mass is 435 g/mol. The fourth-order valence-corrected chi connectivity index (χ4v) is 4.64. The zero-order chi connectivity index (χ0) is 22.3. The lowest BCUT2D eigenvalue weighted by atomic mass is 10.1. The number of rotatable bonds is 7. The third kappa shape index (κ3) is 5.68. The summed E-state index contributed by atoms with van der Waals surface area (Å²) < 4.78 is 5.25. The first-order valence-electron chi connectivity index (χ1n) is 11.6. The van der Waals surface area contributed by atoms with Crippen LogP contribution in [0.15, 0.2) is 48.5 Å². The molecule has 2 amide bonds. The molecule has 2 fully saturated rings. The zero-order valence-electron chi connectivity index (χ0n) is 18.9. The van der Waals surface area contributed by atoms with E-state index in [0.29, 0.717) is 18.8 Å². The number of ether oxygens (including phenoxy) is 1. The van der Waals surface area contributed by atoms with Crippen LogP contribution in [0.2, 0.25) is 0 Å². The molecule has 2 aliphatic heterocycles. The van der Waals surface area contributed by atoms with Gasteiger partial charge in [0, 0.05) is 37.8 Å². The molecule has 0 aromatic heterocycles. The van der Waals surface area contributed by atoms with Crippen LogP contribution in [0.4, 0.5) is 5.69 Å². The summed E-state index contributed by atoms with van der Waals surface area (Å²) in [7, 11) is 1.60. The first-order valence-corrected chi connectivity index (χ1v) is 11.6. The molecule has 0 aliphatic carbocycles. The van der Waals surface area contributed by atoms with Crippen LogP contribution in [0.1, 0.15) is 43.2 Å². The molecular formula is C26H33N3O3. The Morgan fingerprint density at radius 1 is 1.03 bits per heavy atom. The smallest absolute Gasteiger partial charge is 0.227 e. The van der Waals surface area contributed by atoms with Gasteiger partial charge in [-0.25, -0.2) is 0 Å². The molecule has 4 rings (SSSR count). The van der Waals surface area contributed by atoms with Crippen LogP contribution in [0, 0.1) is 5.92 Å². The van der Waals surface area contributed by atoms with Crippen LogP contribution in [0.25, 0.3) is 0 Å². The van der Waals surface area contributed by atoms with Gasteiger partial charge in [0.05, 0.1) is 13.0 Å². The van der Waals surface area contributed by atoms with E-state index < -0.39 is 0 Å². The average molecular weight is 436 g/mol. The zero-order valence-corrected chi connectivity index (χ0v) is 18.9. The van der Waals surface area contributed by atoms with Gasteiger partial charge in [-0.1, -0.05) is 43.2 Å². The minimum Gasteiger partial charge on any atom is -0.497 e. The van der Waals surface area contributed by atoms with Crippen molar-refractivity contribution in [2.75, 3.05) is 31.6 Å². The van der Waals surface area contributed by atoms with Crippen molar-refractivity contribution in [2.24, 2.45) is 5.92 Å². The summed E-state index contributed by atoms with van der Waals surface area (Å²) in [6.07, 6.45) is 5.46. The Hall–Kier alpha value is -2.86. The Balaban J connectivity index is 1.31. The number of amides is 2. The van der Waals surface area contributed by atoms with Crippen molar-refractivity contribution in [3.63, 3.8) is 0 Å². The normalized spacial score (nSPS) is 19.6. The van der Waals surface area contributed by atoms with Crippen molar-refractivity contribution in [1.29, 1.82) is 0 Å². The lowest BCUT2D eigenvalue weighted by Crippen LogP contribution is -2.32. The van der Waals surface area contributed by atoms with E-state index in [4.69, 9.17) is 4.74 Å². The van der Waals surface area contributed by atoms with E-state index in [1.165, 1.54) is 44.3 Å². The molecule has 0 radical (unpaired) electrons. The molecule has 170 valence electrons. The minimum absolute atomic E-state index is 0.0298. The van der Waals surface area contributed by atoms with Crippen molar-refractivity contribution in [3.8, 4) is 5.75 Å². The fourth-order valence-electron chi connectivity index (χ4n) is 4.64. The van der Waals surface area contributed by atoms with Crippen LogP contribution in [0.3, 0.4) is 0 Å². The highest BCUT2D eigenvalue weighted by Gasteiger charge is 2.35. The van der Waals surface area contributed by atoms with Crippen LogP contribution in [-0.4, -0.2) is 43.5 Å². The SMILES string of the molecule is COc1cccc(N2CC(C(=O)NCc3cccc(CN4CCCCCC4)c3)CC2=O)c1. The van der Waals surface area contributed by atoms with Gasteiger partial charge in [0.1, 0.15) is 5.75 Å². The molecule has 1 N–H and O–H groups in total. The molecule has 2 saturated heterocycles. The van der Waals surface area contributed by atoms with Gasteiger partial charge in [-0.05, 0) is 49.2 Å². The lowest BCUT2D eigenvalue weighted by Gasteiger charge is -2.20. The summed E-state index contributed by atoms with van der Waals surface area (Å²) in [5.41, 5.74) is 3.16. The standard InChI is InChI=1S/C26H33N3O3/c1-32-24-11-7-10-23(16-24)29-19-22(15-25(29)30)26(31)27-17-20-8-6-9-21(14-20)18-28-12-4-2-3-5-13-28/h6-11,14,16,22H,2-5,12-13,15,17-19H2,1H3,(H,27,31). The molecule has 0 saturated carbocycles. The molecule has 0 bridgehead atoms. The Morgan fingerprint density at radius 3 is 2.56 bits per heavy atom. The van der Waals surface area contributed by atoms with Gasteiger partial charge in [0.25, 0.3) is 0 Å². The van der Waals surface area contributed by atoms with E-state index in [-0.39, 0.29) is 24.2 Å². The first-order chi connectivity index (χ1) is 15.6. The van der Waals surface area contributed by atoms with Crippen LogP contribution in [0.5, 0.6) is 5.75 Å². The van der Waals surface area contributed by atoms with Gasteiger partial charge < -0.3 is 15.0 Å². The number of likely N-dealkylation sites (tertiary alicyclic amines) is 1. The van der Waals surface area contributed by atoms with Crippen molar-refractivity contribution < 1.29 is 14.3 Å². The molecule has 1 unspecified atom stereocenters.